The van der Waals surface area contributed by atoms with Crippen LogP contribution in [0.25, 0.3) is 10.8 Å². The highest BCUT2D eigenvalue weighted by Gasteiger charge is 2.13. The number of H-pyrrole nitrogens is 1. The van der Waals surface area contributed by atoms with E-state index in [4.69, 9.17) is 4.74 Å². The van der Waals surface area contributed by atoms with Crippen LogP contribution in [0.4, 0.5) is 0 Å². The zero-order valence-corrected chi connectivity index (χ0v) is 14.0. The number of fused-ring (bicyclic) bond motifs is 1. The third-order valence-corrected chi connectivity index (χ3v) is 4.09. The van der Waals surface area contributed by atoms with E-state index >= 15 is 0 Å². The molecule has 0 amide bonds. The second-order valence-electron chi connectivity index (χ2n) is 5.78. The van der Waals surface area contributed by atoms with Crippen molar-refractivity contribution >= 4 is 10.8 Å². The quantitative estimate of drug-likeness (QED) is 0.758. The number of rotatable bonds is 5. The Morgan fingerprint density at radius 2 is 2.09 bits per heavy atom. The summed E-state index contributed by atoms with van der Waals surface area (Å²) < 4.78 is 5.34. The summed E-state index contributed by atoms with van der Waals surface area (Å²) in [5.74, 6) is 1.79. The van der Waals surface area contributed by atoms with Crippen LogP contribution in [0.15, 0.2) is 30.5 Å². The van der Waals surface area contributed by atoms with E-state index in [1.807, 2.05) is 38.2 Å². The number of methoxy groups -OCH3 is 1. The molecule has 0 bridgehead atoms. The van der Waals surface area contributed by atoms with Gasteiger partial charge in [-0.3, -0.25) is 4.98 Å². The molecule has 1 unspecified atom stereocenters. The third-order valence-electron chi connectivity index (χ3n) is 4.09. The standard InChI is InChI=1S/C18H22N4O/c1-11-17(22-13(3)21-11)10-20-12(2)18-16-9-15(23-4)6-5-14(16)7-8-19-18/h5-9,12,20H,10H2,1-4H3,(H,21,22). The Labute approximate surface area is 136 Å². The molecule has 0 saturated carbocycles. The molecule has 1 aromatic carbocycles. The maximum atomic E-state index is 5.34. The van der Waals surface area contributed by atoms with E-state index in [9.17, 15) is 0 Å². The molecule has 2 aromatic heterocycles. The minimum atomic E-state index is 0.113. The summed E-state index contributed by atoms with van der Waals surface area (Å²) in [6, 6.07) is 8.21. The van der Waals surface area contributed by atoms with Crippen LogP contribution in [0.5, 0.6) is 5.75 Å². The molecular weight excluding hydrogens is 288 g/mol. The first-order valence-electron chi connectivity index (χ1n) is 7.76. The van der Waals surface area contributed by atoms with Gasteiger partial charge < -0.3 is 15.0 Å². The molecule has 0 saturated heterocycles. The maximum absolute atomic E-state index is 5.34. The lowest BCUT2D eigenvalue weighted by Gasteiger charge is -2.15. The van der Waals surface area contributed by atoms with Crippen molar-refractivity contribution in [1.82, 2.24) is 20.3 Å². The third kappa shape index (κ3) is 3.19. The first-order valence-corrected chi connectivity index (χ1v) is 7.76. The fourth-order valence-corrected chi connectivity index (χ4v) is 2.82. The highest BCUT2D eigenvalue weighted by atomic mass is 16.5. The number of aromatic amines is 1. The largest absolute Gasteiger partial charge is 0.497 e. The lowest BCUT2D eigenvalue weighted by molar-refractivity contribution is 0.415. The van der Waals surface area contributed by atoms with E-state index in [-0.39, 0.29) is 6.04 Å². The number of imidazole rings is 1. The summed E-state index contributed by atoms with van der Waals surface area (Å²) in [5, 5.41) is 5.79. The number of nitrogens with one attached hydrogen (secondary N) is 2. The number of benzene rings is 1. The van der Waals surface area contributed by atoms with E-state index in [1.54, 1.807) is 7.11 Å². The number of aryl methyl sites for hydroxylation is 2. The molecule has 2 N–H and O–H groups in total. The van der Waals surface area contributed by atoms with Gasteiger partial charge in [0, 0.05) is 29.9 Å². The van der Waals surface area contributed by atoms with Crippen LogP contribution in [-0.4, -0.2) is 22.1 Å². The highest BCUT2D eigenvalue weighted by molar-refractivity contribution is 5.86. The maximum Gasteiger partial charge on any atom is 0.119 e. The van der Waals surface area contributed by atoms with Gasteiger partial charge in [0.25, 0.3) is 0 Å². The topological polar surface area (TPSA) is 62.8 Å². The summed E-state index contributed by atoms with van der Waals surface area (Å²) in [4.78, 5) is 12.3. The predicted molar refractivity (Wildman–Crippen MR) is 91.6 cm³/mol. The average Bonchev–Trinajstić information content (AvgIpc) is 2.89. The van der Waals surface area contributed by atoms with Crippen molar-refractivity contribution in [3.8, 4) is 5.75 Å². The molecule has 0 aliphatic carbocycles. The van der Waals surface area contributed by atoms with Gasteiger partial charge in [0.1, 0.15) is 11.6 Å². The highest BCUT2D eigenvalue weighted by Crippen LogP contribution is 2.26. The second kappa shape index (κ2) is 6.38. The van der Waals surface area contributed by atoms with Crippen LogP contribution in [0.1, 0.15) is 35.9 Å². The number of ether oxygens (including phenoxy) is 1. The van der Waals surface area contributed by atoms with E-state index < -0.39 is 0 Å². The minimum absolute atomic E-state index is 0.113. The molecule has 3 aromatic rings. The molecule has 0 aliphatic rings. The normalized spacial score (nSPS) is 12.5. The number of hydrogen-bond donors (Lipinski definition) is 2. The molecule has 3 rings (SSSR count). The van der Waals surface area contributed by atoms with Gasteiger partial charge >= 0.3 is 0 Å². The molecule has 0 spiro atoms. The lowest BCUT2D eigenvalue weighted by Crippen LogP contribution is -2.20. The van der Waals surface area contributed by atoms with Gasteiger partial charge in [-0.25, -0.2) is 4.98 Å². The molecule has 23 heavy (non-hydrogen) atoms. The number of hydrogen-bond acceptors (Lipinski definition) is 4. The van der Waals surface area contributed by atoms with E-state index in [0.29, 0.717) is 6.54 Å². The van der Waals surface area contributed by atoms with E-state index in [1.165, 1.54) is 0 Å². The van der Waals surface area contributed by atoms with Gasteiger partial charge in [0.15, 0.2) is 0 Å². The average molecular weight is 310 g/mol. The molecule has 5 nitrogen and oxygen atoms in total. The second-order valence-corrected chi connectivity index (χ2v) is 5.78. The molecular formula is C18H22N4O. The van der Waals surface area contributed by atoms with Gasteiger partial charge in [0.05, 0.1) is 18.5 Å². The van der Waals surface area contributed by atoms with Gasteiger partial charge in [-0.05, 0) is 44.4 Å². The molecule has 120 valence electrons. The van der Waals surface area contributed by atoms with Crippen molar-refractivity contribution in [3.63, 3.8) is 0 Å². The zero-order valence-electron chi connectivity index (χ0n) is 14.0. The van der Waals surface area contributed by atoms with Crippen LogP contribution >= 0.6 is 0 Å². The summed E-state index contributed by atoms with van der Waals surface area (Å²) in [5.41, 5.74) is 3.17. The number of pyridine rings is 1. The minimum Gasteiger partial charge on any atom is -0.497 e. The summed E-state index contributed by atoms with van der Waals surface area (Å²) >= 11 is 0. The summed E-state index contributed by atoms with van der Waals surface area (Å²) in [6.07, 6.45) is 1.85. The first kappa shape index (κ1) is 15.5. The van der Waals surface area contributed by atoms with E-state index in [0.717, 1.165) is 39.4 Å². The summed E-state index contributed by atoms with van der Waals surface area (Å²) in [7, 11) is 1.68. The van der Waals surface area contributed by atoms with Gasteiger partial charge in [-0.1, -0.05) is 6.07 Å². The van der Waals surface area contributed by atoms with Gasteiger partial charge in [-0.2, -0.15) is 0 Å². The van der Waals surface area contributed by atoms with Crippen molar-refractivity contribution in [1.29, 1.82) is 0 Å². The lowest BCUT2D eigenvalue weighted by atomic mass is 10.1. The van der Waals surface area contributed by atoms with Gasteiger partial charge in [0.2, 0.25) is 0 Å². The number of aromatic nitrogens is 3. The molecule has 2 heterocycles. The molecule has 0 aliphatic heterocycles. The zero-order chi connectivity index (χ0) is 16.4. The monoisotopic (exact) mass is 310 g/mol. The van der Waals surface area contributed by atoms with Crippen molar-refractivity contribution in [2.24, 2.45) is 0 Å². The molecule has 5 heteroatoms. The molecule has 0 radical (unpaired) electrons. The SMILES string of the molecule is COc1ccc2ccnc(C(C)NCc3nc(C)[nH]c3C)c2c1. The van der Waals surface area contributed by atoms with Crippen molar-refractivity contribution < 1.29 is 4.74 Å². The Hall–Kier alpha value is -2.40. The van der Waals surface area contributed by atoms with Crippen LogP contribution in [0.3, 0.4) is 0 Å². The smallest absolute Gasteiger partial charge is 0.119 e. The van der Waals surface area contributed by atoms with E-state index in [2.05, 4.69) is 33.3 Å². The summed E-state index contributed by atoms with van der Waals surface area (Å²) in [6.45, 7) is 6.84. The Morgan fingerprint density at radius 3 is 2.78 bits per heavy atom. The first-order chi connectivity index (χ1) is 11.1. The molecule has 1 atom stereocenters. The molecule has 0 fully saturated rings. The Balaban J connectivity index is 1.85. The van der Waals surface area contributed by atoms with Crippen molar-refractivity contribution in [2.75, 3.05) is 7.11 Å². The van der Waals surface area contributed by atoms with Crippen LogP contribution in [-0.2, 0) is 6.54 Å². The fourth-order valence-electron chi connectivity index (χ4n) is 2.82. The van der Waals surface area contributed by atoms with Crippen LogP contribution < -0.4 is 10.1 Å². The predicted octanol–water partition coefficient (Wildman–Crippen LogP) is 3.43. The Kier molecular flexibility index (Phi) is 4.30. The van der Waals surface area contributed by atoms with Crippen molar-refractivity contribution in [2.45, 2.75) is 33.4 Å². The van der Waals surface area contributed by atoms with Crippen LogP contribution in [0.2, 0.25) is 0 Å². The Bertz CT molecular complexity index is 825. The number of nitrogens with zero attached hydrogens (tertiary/aromatic N) is 2. The van der Waals surface area contributed by atoms with Crippen LogP contribution in [0, 0.1) is 13.8 Å². The van der Waals surface area contributed by atoms with Gasteiger partial charge in [-0.15, -0.1) is 0 Å². The Morgan fingerprint density at radius 1 is 1.26 bits per heavy atom. The van der Waals surface area contributed by atoms with Crippen molar-refractivity contribution in [3.05, 3.63) is 53.4 Å². The fraction of sp³-hybridized carbons (Fsp3) is 0.333.